The standard InChI is InChI=1S/C54H58O2S6/c1-5-9-12-34(7-3)32-55-52(57)59-44-22-19-38-24-37(16-17-40(38)26-44)36-14-11-15-46-48(28-36)61-51-47-29-43-30-54(43,31-49(47)62-50(46)51)42-21-18-41-27-45(23-20-39(41)25-42)60-53(58)56-33-35(8-4)13-10-6-2/h11,15-17,19-29,31,34-35,41,43H,5-10,12-14,18,30,32-33H2,1-4H3. The first-order valence-electron chi connectivity index (χ1n) is 23.0. The largest absolute Gasteiger partial charge is 0.478 e. The Bertz CT molecular complexity index is 2700. The molecule has 9 rings (SSSR count). The lowest BCUT2D eigenvalue weighted by Gasteiger charge is -2.26. The lowest BCUT2D eigenvalue weighted by molar-refractivity contribution is 0.233. The Kier molecular flexibility index (Phi) is 14.0. The van der Waals surface area contributed by atoms with Gasteiger partial charge in [-0.15, -0.1) is 22.7 Å². The Labute approximate surface area is 396 Å². The van der Waals surface area contributed by atoms with E-state index in [-0.39, 0.29) is 5.41 Å². The van der Waals surface area contributed by atoms with Crippen LogP contribution in [0.1, 0.15) is 114 Å². The summed E-state index contributed by atoms with van der Waals surface area (Å²) in [4.78, 5) is 3.72. The van der Waals surface area contributed by atoms with Crippen LogP contribution in [0, 0.1) is 29.1 Å². The summed E-state index contributed by atoms with van der Waals surface area (Å²) >= 11 is 18.5. The molecular formula is C54H58O2S6. The molecule has 2 aromatic heterocycles. The van der Waals surface area contributed by atoms with Crippen LogP contribution in [0.3, 0.4) is 0 Å². The fourth-order valence-corrected chi connectivity index (χ4v) is 14.5. The molecule has 5 atom stereocenters. The molecule has 2 aromatic carbocycles. The van der Waals surface area contributed by atoms with Gasteiger partial charge in [-0.2, -0.15) is 0 Å². The molecule has 5 unspecified atom stereocenters. The van der Waals surface area contributed by atoms with E-state index in [0.717, 1.165) is 37.2 Å². The smallest absolute Gasteiger partial charge is 0.224 e. The number of benzene rings is 2. The van der Waals surface area contributed by atoms with Crippen LogP contribution >= 0.6 is 70.6 Å². The predicted molar refractivity (Wildman–Crippen MR) is 283 cm³/mol. The molecule has 0 aliphatic heterocycles. The maximum absolute atomic E-state index is 6.07. The minimum Gasteiger partial charge on any atom is -0.478 e. The number of rotatable bonds is 16. The number of unbranched alkanes of at least 4 members (excludes halogenated alkanes) is 2. The highest BCUT2D eigenvalue weighted by atomic mass is 32.2. The van der Waals surface area contributed by atoms with Gasteiger partial charge >= 0.3 is 0 Å². The number of thioether (sulfide) groups is 2. The number of thiocarbonyl (C=S) groups is 2. The number of thiophene rings is 2. The highest BCUT2D eigenvalue weighted by molar-refractivity contribution is 8.25. The van der Waals surface area contributed by atoms with E-state index in [1.807, 2.05) is 22.7 Å². The molecule has 2 nitrogen and oxygen atoms in total. The molecule has 1 saturated carbocycles. The van der Waals surface area contributed by atoms with E-state index in [1.165, 1.54) is 112 Å². The molecular weight excluding hydrogens is 873 g/mol. The highest BCUT2D eigenvalue weighted by Crippen LogP contribution is 2.62. The normalized spacial score (nSPS) is 21.7. The predicted octanol–water partition coefficient (Wildman–Crippen LogP) is 15.8. The van der Waals surface area contributed by atoms with Crippen molar-refractivity contribution in [1.29, 1.82) is 0 Å². The quantitative estimate of drug-likeness (QED) is 0.0817. The van der Waals surface area contributed by atoms with Gasteiger partial charge in [-0.3, -0.25) is 0 Å². The van der Waals surface area contributed by atoms with Gasteiger partial charge in [-0.25, -0.2) is 0 Å². The van der Waals surface area contributed by atoms with Crippen molar-refractivity contribution >= 4 is 129 Å². The number of hydrogen-bond acceptors (Lipinski definition) is 8. The fourth-order valence-electron chi connectivity index (χ4n) is 9.58. The lowest BCUT2D eigenvalue weighted by atomic mass is 9.79. The molecule has 0 saturated heterocycles. The first-order valence-corrected chi connectivity index (χ1v) is 27.1. The van der Waals surface area contributed by atoms with Crippen molar-refractivity contribution in [2.75, 3.05) is 13.2 Å². The summed E-state index contributed by atoms with van der Waals surface area (Å²) in [6.07, 6.45) is 37.3. The van der Waals surface area contributed by atoms with Crippen molar-refractivity contribution in [2.45, 2.75) is 103 Å². The molecule has 8 heteroatoms. The molecule has 5 aliphatic carbocycles. The zero-order valence-electron chi connectivity index (χ0n) is 36.5. The molecule has 62 heavy (non-hydrogen) atoms. The SMILES string of the molecule is CCCCC(CC)COC(=S)SC1=CC2CC=C(C34C=c5sc6c7c(sc6c5=CC3C4)C=C(c3ccc4cc(SC(=S)OCC(CC)CCCC)ccc4c3)CC=C7)C=C2C=C1. The molecule has 4 aromatic rings. The van der Waals surface area contributed by atoms with E-state index in [1.54, 1.807) is 23.5 Å². The topological polar surface area (TPSA) is 18.5 Å². The minimum atomic E-state index is 0.134. The van der Waals surface area contributed by atoms with Gasteiger partial charge in [-0.05, 0) is 161 Å². The average Bonchev–Trinajstić information content (AvgIpc) is 3.87. The van der Waals surface area contributed by atoms with Crippen LogP contribution in [0.5, 0.6) is 0 Å². The Morgan fingerprint density at radius 2 is 1.56 bits per heavy atom. The van der Waals surface area contributed by atoms with Crippen LogP contribution in [0.25, 0.3) is 50.0 Å². The van der Waals surface area contributed by atoms with Crippen molar-refractivity contribution in [1.82, 2.24) is 0 Å². The van der Waals surface area contributed by atoms with E-state index in [4.69, 9.17) is 33.9 Å². The third-order valence-corrected chi connectivity index (χ3v) is 18.4. The monoisotopic (exact) mass is 930 g/mol. The van der Waals surface area contributed by atoms with E-state index in [0.29, 0.717) is 39.0 Å². The van der Waals surface area contributed by atoms with Crippen LogP contribution < -0.4 is 9.75 Å². The number of fused-ring (bicyclic) bond motifs is 8. The van der Waals surface area contributed by atoms with E-state index < -0.39 is 0 Å². The van der Waals surface area contributed by atoms with Crippen molar-refractivity contribution in [2.24, 2.45) is 29.1 Å². The molecule has 0 bridgehead atoms. The van der Waals surface area contributed by atoms with E-state index in [9.17, 15) is 0 Å². The second kappa shape index (κ2) is 19.6. The zero-order chi connectivity index (χ0) is 42.8. The van der Waals surface area contributed by atoms with Crippen molar-refractivity contribution in [3.63, 3.8) is 0 Å². The van der Waals surface area contributed by atoms with Crippen molar-refractivity contribution in [3.8, 4) is 0 Å². The molecule has 0 radical (unpaired) electrons. The van der Waals surface area contributed by atoms with Crippen LogP contribution in [0.2, 0.25) is 0 Å². The molecule has 1 fully saturated rings. The van der Waals surface area contributed by atoms with Crippen molar-refractivity contribution < 1.29 is 9.47 Å². The second-order valence-electron chi connectivity index (χ2n) is 17.8. The van der Waals surface area contributed by atoms with Gasteiger partial charge in [0.1, 0.15) is 0 Å². The molecule has 2 heterocycles. The summed E-state index contributed by atoms with van der Waals surface area (Å²) in [7, 11) is 0. The second-order valence-corrected chi connectivity index (χ2v) is 23.2. The van der Waals surface area contributed by atoms with Gasteiger partial charge < -0.3 is 9.47 Å². The summed E-state index contributed by atoms with van der Waals surface area (Å²) in [5.74, 6) is 2.13. The molecule has 5 aliphatic rings. The minimum absolute atomic E-state index is 0.134. The first kappa shape index (κ1) is 44.2. The summed E-state index contributed by atoms with van der Waals surface area (Å²) in [5, 5.41) is 3.95. The molecule has 322 valence electrons. The van der Waals surface area contributed by atoms with Gasteiger partial charge in [0.05, 0.1) is 22.6 Å². The highest BCUT2D eigenvalue weighted by Gasteiger charge is 2.54. The van der Waals surface area contributed by atoms with Crippen LogP contribution in [0.15, 0.2) is 93.8 Å². The van der Waals surface area contributed by atoms with Gasteiger partial charge in [0.25, 0.3) is 0 Å². The average molecular weight is 931 g/mol. The molecule has 0 spiro atoms. The van der Waals surface area contributed by atoms with E-state index >= 15 is 0 Å². The van der Waals surface area contributed by atoms with E-state index in [2.05, 4.69) is 125 Å². The summed E-state index contributed by atoms with van der Waals surface area (Å²) in [6, 6.07) is 13.6. The summed E-state index contributed by atoms with van der Waals surface area (Å²) in [5.41, 5.74) is 7.11. The van der Waals surface area contributed by atoms with Gasteiger partial charge in [-0.1, -0.05) is 133 Å². The Morgan fingerprint density at radius 1 is 0.823 bits per heavy atom. The van der Waals surface area contributed by atoms with Crippen LogP contribution in [-0.2, 0) is 9.47 Å². The third-order valence-electron chi connectivity index (χ3n) is 13.6. The maximum Gasteiger partial charge on any atom is 0.224 e. The molecule has 0 N–H and O–H groups in total. The number of ether oxygens (including phenoxy) is 2. The van der Waals surface area contributed by atoms with Gasteiger partial charge in [0.2, 0.25) is 8.77 Å². The Balaban J connectivity index is 0.867. The fraction of sp³-hybridized carbons (Fsp3) is 0.407. The third kappa shape index (κ3) is 9.53. The lowest BCUT2D eigenvalue weighted by Crippen LogP contribution is -2.26. The number of allylic oxidation sites excluding steroid dienone is 9. The first-order chi connectivity index (χ1) is 30.3. The summed E-state index contributed by atoms with van der Waals surface area (Å²) in [6.45, 7) is 10.5. The van der Waals surface area contributed by atoms with Crippen molar-refractivity contribution in [3.05, 3.63) is 115 Å². The van der Waals surface area contributed by atoms with Crippen LogP contribution in [-0.4, -0.2) is 22.0 Å². The zero-order valence-corrected chi connectivity index (χ0v) is 41.4. The molecule has 0 amide bonds. The van der Waals surface area contributed by atoms with Gasteiger partial charge in [0.15, 0.2) is 0 Å². The maximum atomic E-state index is 6.07. The Hall–Kier alpha value is -2.98. The Morgan fingerprint density at radius 3 is 2.32 bits per heavy atom. The van der Waals surface area contributed by atoms with Crippen LogP contribution in [0.4, 0.5) is 0 Å². The summed E-state index contributed by atoms with van der Waals surface area (Å²) < 4.78 is 17.7. The number of hydrogen-bond donors (Lipinski definition) is 0. The van der Waals surface area contributed by atoms with Gasteiger partial charge in [0, 0.05) is 41.3 Å².